The third-order valence-electron chi connectivity index (χ3n) is 3.55. The second-order valence-corrected chi connectivity index (χ2v) is 8.22. The van der Waals surface area contributed by atoms with Crippen LogP contribution in [-0.4, -0.2) is 43.9 Å². The van der Waals surface area contributed by atoms with Crippen LogP contribution in [0.25, 0.3) is 0 Å². The molecule has 2 rings (SSSR count). The number of sulfonamides is 1. The molecular weight excluding hydrogens is 425 g/mol. The number of amides is 1. The maximum atomic E-state index is 14.2. The Morgan fingerprint density at radius 3 is 2.41 bits per heavy atom. The predicted molar refractivity (Wildman–Crippen MR) is 97.7 cm³/mol. The molecule has 0 radical (unpaired) electrons. The highest BCUT2D eigenvalue weighted by atomic mass is 35.5. The summed E-state index contributed by atoms with van der Waals surface area (Å²) in [4.78, 5) is 11.6. The van der Waals surface area contributed by atoms with Gasteiger partial charge in [-0.25, -0.2) is 17.2 Å². The molecule has 2 aromatic carbocycles. The van der Waals surface area contributed by atoms with Crippen LogP contribution >= 0.6 is 23.2 Å². The minimum Gasteiger partial charge on any atom is -0.395 e. The molecule has 1 amide bonds. The molecule has 0 bridgehead atoms. The highest BCUT2D eigenvalue weighted by Gasteiger charge is 2.27. The van der Waals surface area contributed by atoms with Crippen LogP contribution in [0.1, 0.15) is 10.4 Å². The Morgan fingerprint density at radius 1 is 1.15 bits per heavy atom. The molecule has 0 saturated heterocycles. The van der Waals surface area contributed by atoms with Gasteiger partial charge in [0.1, 0.15) is 16.5 Å². The number of nitrogens with zero attached hydrogens (tertiary/aromatic N) is 1. The van der Waals surface area contributed by atoms with Gasteiger partial charge in [-0.1, -0.05) is 23.2 Å². The highest BCUT2D eigenvalue weighted by molar-refractivity contribution is 7.89. The molecule has 0 unspecified atom stereocenters. The molecule has 0 aliphatic rings. The van der Waals surface area contributed by atoms with Crippen LogP contribution in [0.5, 0.6) is 0 Å². The van der Waals surface area contributed by atoms with Gasteiger partial charge in [-0.15, -0.1) is 0 Å². The quantitative estimate of drug-likeness (QED) is 0.724. The number of nitrogens with one attached hydrogen (secondary N) is 1. The first kappa shape index (κ1) is 21.5. The Hall–Kier alpha value is -1.78. The molecule has 6 nitrogen and oxygen atoms in total. The van der Waals surface area contributed by atoms with Gasteiger partial charge in [-0.05, 0) is 30.3 Å². The second kappa shape index (κ2) is 8.49. The standard InChI is InChI=1S/C16H14Cl2F2N2O4S/c1-22(4-5-23)27(25,26)15-7-10(11(17)8-14(15)20)16(24)21-9-2-3-13(19)12(18)6-9/h2-3,6-8,23H,4-5H2,1H3,(H,21,24). The van der Waals surface area contributed by atoms with Crippen molar-refractivity contribution in [2.24, 2.45) is 0 Å². The van der Waals surface area contributed by atoms with Gasteiger partial charge in [0.05, 0.1) is 22.2 Å². The number of anilines is 1. The predicted octanol–water partition coefficient (Wildman–Crippen LogP) is 3.14. The fraction of sp³-hybridized carbons (Fsp3) is 0.188. The Bertz CT molecular complexity index is 987. The van der Waals surface area contributed by atoms with Crippen molar-refractivity contribution in [1.82, 2.24) is 4.31 Å². The molecule has 2 N–H and O–H groups in total. The normalized spacial score (nSPS) is 11.7. The van der Waals surface area contributed by atoms with E-state index in [0.29, 0.717) is 6.07 Å². The number of hydrogen-bond donors (Lipinski definition) is 2. The SMILES string of the molecule is CN(CCO)S(=O)(=O)c1cc(C(=O)Nc2ccc(F)c(Cl)c2)c(Cl)cc1F. The number of hydrogen-bond acceptors (Lipinski definition) is 4. The molecular formula is C16H14Cl2F2N2O4S. The summed E-state index contributed by atoms with van der Waals surface area (Å²) in [5, 5.41) is 10.7. The largest absolute Gasteiger partial charge is 0.395 e. The van der Waals surface area contributed by atoms with E-state index < -0.39 is 39.1 Å². The fourth-order valence-corrected chi connectivity index (χ4v) is 3.75. The maximum absolute atomic E-state index is 14.2. The number of likely N-dealkylation sites (N-methyl/N-ethyl adjacent to an activating group) is 1. The third kappa shape index (κ3) is 4.74. The summed E-state index contributed by atoms with van der Waals surface area (Å²) in [6.45, 7) is -0.733. The topological polar surface area (TPSA) is 86.7 Å². The van der Waals surface area contributed by atoms with Crippen LogP contribution in [0.4, 0.5) is 14.5 Å². The van der Waals surface area contributed by atoms with Gasteiger partial charge >= 0.3 is 0 Å². The van der Waals surface area contributed by atoms with Crippen molar-refractivity contribution in [2.45, 2.75) is 4.90 Å². The molecule has 0 aromatic heterocycles. The average Bonchev–Trinajstić information content (AvgIpc) is 2.58. The van der Waals surface area contributed by atoms with Gasteiger partial charge in [0.25, 0.3) is 5.91 Å². The Balaban J connectivity index is 2.42. The number of halogens is 4. The molecule has 0 spiro atoms. The minimum atomic E-state index is -4.30. The van der Waals surface area contributed by atoms with Crippen LogP contribution in [0, 0.1) is 11.6 Å². The zero-order valence-corrected chi connectivity index (χ0v) is 16.2. The maximum Gasteiger partial charge on any atom is 0.257 e. The average molecular weight is 439 g/mol. The molecule has 0 aliphatic carbocycles. The van der Waals surface area contributed by atoms with Crippen molar-refractivity contribution >= 4 is 44.8 Å². The van der Waals surface area contributed by atoms with Gasteiger partial charge in [0.2, 0.25) is 10.0 Å². The van der Waals surface area contributed by atoms with Crippen molar-refractivity contribution < 1.29 is 27.1 Å². The molecule has 146 valence electrons. The van der Waals surface area contributed by atoms with Gasteiger partial charge in [-0.3, -0.25) is 4.79 Å². The number of aliphatic hydroxyl groups excluding tert-OH is 1. The number of carbonyl (C=O) groups is 1. The molecule has 0 atom stereocenters. The van der Waals surface area contributed by atoms with Crippen LogP contribution in [0.15, 0.2) is 35.2 Å². The molecule has 2 aromatic rings. The Kier molecular flexibility index (Phi) is 6.77. The summed E-state index contributed by atoms with van der Waals surface area (Å²) in [7, 11) is -3.15. The summed E-state index contributed by atoms with van der Waals surface area (Å²) < 4.78 is 52.9. The van der Waals surface area contributed by atoms with Gasteiger partial charge < -0.3 is 10.4 Å². The minimum absolute atomic E-state index is 0.133. The van der Waals surface area contributed by atoms with E-state index in [2.05, 4.69) is 5.32 Å². The molecule has 0 aliphatic heterocycles. The second-order valence-electron chi connectivity index (χ2n) is 5.40. The molecule has 0 fully saturated rings. The lowest BCUT2D eigenvalue weighted by molar-refractivity contribution is 0.102. The summed E-state index contributed by atoms with van der Waals surface area (Å²) in [6, 6.07) is 4.92. The molecule has 0 heterocycles. The first-order valence-electron chi connectivity index (χ1n) is 7.40. The Morgan fingerprint density at radius 2 is 1.81 bits per heavy atom. The summed E-state index contributed by atoms with van der Waals surface area (Å²) in [5.41, 5.74) is -0.178. The van der Waals surface area contributed by atoms with Gasteiger partial charge in [0, 0.05) is 19.3 Å². The summed E-state index contributed by atoms with van der Waals surface area (Å²) in [5.74, 6) is -2.68. The van der Waals surface area contributed by atoms with Crippen molar-refractivity contribution in [3.05, 3.63) is 57.6 Å². The first-order chi connectivity index (χ1) is 12.6. The van der Waals surface area contributed by atoms with Crippen LogP contribution < -0.4 is 5.32 Å². The summed E-state index contributed by atoms with van der Waals surface area (Å²) in [6.07, 6.45) is 0. The zero-order valence-electron chi connectivity index (χ0n) is 13.8. The van der Waals surface area contributed by atoms with Crippen LogP contribution in [0.2, 0.25) is 10.0 Å². The monoisotopic (exact) mass is 438 g/mol. The van der Waals surface area contributed by atoms with Crippen LogP contribution in [-0.2, 0) is 10.0 Å². The first-order valence-corrected chi connectivity index (χ1v) is 9.60. The fourth-order valence-electron chi connectivity index (χ4n) is 2.10. The van der Waals surface area contributed by atoms with Gasteiger partial charge in [-0.2, -0.15) is 4.31 Å². The van der Waals surface area contributed by atoms with E-state index in [1.807, 2.05) is 0 Å². The lowest BCUT2D eigenvalue weighted by Crippen LogP contribution is -2.30. The van der Waals surface area contributed by atoms with Crippen molar-refractivity contribution in [3.8, 4) is 0 Å². The van der Waals surface area contributed by atoms with E-state index in [4.69, 9.17) is 28.3 Å². The smallest absolute Gasteiger partial charge is 0.257 e. The number of aliphatic hydroxyl groups is 1. The molecule has 11 heteroatoms. The third-order valence-corrected chi connectivity index (χ3v) is 6.02. The van der Waals surface area contributed by atoms with E-state index in [-0.39, 0.29) is 27.8 Å². The number of rotatable bonds is 6. The van der Waals surface area contributed by atoms with Crippen molar-refractivity contribution in [3.63, 3.8) is 0 Å². The lowest BCUT2D eigenvalue weighted by Gasteiger charge is -2.17. The Labute approximate surface area is 164 Å². The van der Waals surface area contributed by atoms with E-state index in [1.165, 1.54) is 6.07 Å². The number of benzene rings is 2. The summed E-state index contributed by atoms with van der Waals surface area (Å²) >= 11 is 11.5. The van der Waals surface area contributed by atoms with Crippen molar-refractivity contribution in [2.75, 3.05) is 25.5 Å². The van der Waals surface area contributed by atoms with Crippen LogP contribution in [0.3, 0.4) is 0 Å². The van der Waals surface area contributed by atoms with Gasteiger partial charge in [0.15, 0.2) is 0 Å². The zero-order chi connectivity index (χ0) is 20.4. The van der Waals surface area contributed by atoms with E-state index in [1.54, 1.807) is 0 Å². The molecule has 27 heavy (non-hydrogen) atoms. The van der Waals surface area contributed by atoms with E-state index >= 15 is 0 Å². The number of carbonyl (C=O) groups excluding carboxylic acids is 1. The van der Waals surface area contributed by atoms with E-state index in [9.17, 15) is 22.0 Å². The lowest BCUT2D eigenvalue weighted by atomic mass is 10.2. The van der Waals surface area contributed by atoms with E-state index in [0.717, 1.165) is 29.6 Å². The molecule has 0 saturated carbocycles. The van der Waals surface area contributed by atoms with Crippen molar-refractivity contribution in [1.29, 1.82) is 0 Å². The highest BCUT2D eigenvalue weighted by Crippen LogP contribution is 2.27.